The summed E-state index contributed by atoms with van der Waals surface area (Å²) in [5.41, 5.74) is 0. The molecule has 8 heteroatoms. The van der Waals surface area contributed by atoms with Crippen LogP contribution in [0, 0.1) is 5.92 Å². The second-order valence-corrected chi connectivity index (χ2v) is 9.58. The Morgan fingerprint density at radius 3 is 2.31 bits per heavy atom. The molecule has 2 N–H and O–H groups in total. The van der Waals surface area contributed by atoms with Gasteiger partial charge in [0.1, 0.15) is 0 Å². The zero-order valence-corrected chi connectivity index (χ0v) is 20.0. The van der Waals surface area contributed by atoms with Crippen LogP contribution in [-0.2, 0) is 14.6 Å². The lowest BCUT2D eigenvalue weighted by molar-refractivity contribution is 0.0756. The molecule has 0 aromatic rings. The van der Waals surface area contributed by atoms with Gasteiger partial charge in [0, 0.05) is 39.6 Å². The van der Waals surface area contributed by atoms with Crippen molar-refractivity contribution in [2.45, 2.75) is 63.5 Å². The molecule has 0 aromatic heterocycles. The third-order valence-electron chi connectivity index (χ3n) is 5.21. The summed E-state index contributed by atoms with van der Waals surface area (Å²) in [7, 11) is -1.44. The van der Waals surface area contributed by atoms with Crippen LogP contribution in [0.3, 0.4) is 0 Å². The van der Waals surface area contributed by atoms with E-state index in [1.54, 1.807) is 7.05 Å². The van der Waals surface area contributed by atoms with E-state index in [0.29, 0.717) is 44.5 Å². The number of hydrogen-bond donors (Lipinski definition) is 2. The molecule has 0 bridgehead atoms. The highest BCUT2D eigenvalue weighted by molar-refractivity contribution is 14.0. The SMILES string of the molecule is CCCCC(CCC)CNC(=NC)NCC1(S(C)(=O)=O)CCOCC1.I. The zero-order valence-electron chi connectivity index (χ0n) is 16.8. The predicted molar refractivity (Wildman–Crippen MR) is 120 cm³/mol. The molecule has 0 aromatic carbocycles. The molecule has 0 saturated carbocycles. The summed E-state index contributed by atoms with van der Waals surface area (Å²) in [6.07, 6.45) is 8.46. The van der Waals surface area contributed by atoms with Crippen LogP contribution in [0.25, 0.3) is 0 Å². The van der Waals surface area contributed by atoms with Crippen molar-refractivity contribution >= 4 is 39.8 Å². The first-order chi connectivity index (χ1) is 11.9. The molecule has 0 spiro atoms. The molecule has 1 aliphatic rings. The van der Waals surface area contributed by atoms with Crippen molar-refractivity contribution in [3.8, 4) is 0 Å². The van der Waals surface area contributed by atoms with Gasteiger partial charge in [-0.05, 0) is 31.6 Å². The number of hydrogen-bond acceptors (Lipinski definition) is 4. The van der Waals surface area contributed by atoms with E-state index in [1.807, 2.05) is 0 Å². The van der Waals surface area contributed by atoms with Gasteiger partial charge in [0.25, 0.3) is 0 Å². The van der Waals surface area contributed by atoms with Crippen molar-refractivity contribution in [1.82, 2.24) is 10.6 Å². The van der Waals surface area contributed by atoms with E-state index in [1.165, 1.54) is 38.4 Å². The maximum atomic E-state index is 12.3. The third-order valence-corrected chi connectivity index (χ3v) is 7.34. The Labute approximate surface area is 177 Å². The van der Waals surface area contributed by atoms with E-state index >= 15 is 0 Å². The molecule has 0 amide bonds. The van der Waals surface area contributed by atoms with Gasteiger partial charge in [-0.3, -0.25) is 4.99 Å². The maximum absolute atomic E-state index is 12.3. The van der Waals surface area contributed by atoms with Gasteiger partial charge in [-0.25, -0.2) is 8.42 Å². The Kier molecular flexibility index (Phi) is 13.1. The molecule has 0 radical (unpaired) electrons. The monoisotopic (exact) mass is 503 g/mol. The van der Waals surface area contributed by atoms with Crippen molar-refractivity contribution in [3.05, 3.63) is 0 Å². The lowest BCUT2D eigenvalue weighted by Crippen LogP contribution is -2.54. The second-order valence-electron chi connectivity index (χ2n) is 7.17. The smallest absolute Gasteiger partial charge is 0.191 e. The fraction of sp³-hybridized carbons (Fsp3) is 0.944. The van der Waals surface area contributed by atoms with Gasteiger partial charge in [0.15, 0.2) is 15.8 Å². The lowest BCUT2D eigenvalue weighted by atomic mass is 9.97. The summed E-state index contributed by atoms with van der Waals surface area (Å²) < 4.78 is 29.2. The normalized spacial score (nSPS) is 18.7. The first-order valence-electron chi connectivity index (χ1n) is 9.60. The molecule has 1 atom stereocenters. The molecule has 0 aliphatic carbocycles. The van der Waals surface area contributed by atoms with E-state index < -0.39 is 14.6 Å². The Bertz CT molecular complexity index is 506. The van der Waals surface area contributed by atoms with Crippen molar-refractivity contribution in [3.63, 3.8) is 0 Å². The summed E-state index contributed by atoms with van der Waals surface area (Å²) in [4.78, 5) is 4.27. The highest BCUT2D eigenvalue weighted by Crippen LogP contribution is 2.28. The molecular weight excluding hydrogens is 465 g/mol. The van der Waals surface area contributed by atoms with Crippen LogP contribution in [-0.4, -0.2) is 58.7 Å². The van der Waals surface area contributed by atoms with Crippen molar-refractivity contribution in [2.24, 2.45) is 10.9 Å². The molecule has 1 heterocycles. The second kappa shape index (κ2) is 13.1. The average Bonchev–Trinajstić information content (AvgIpc) is 2.59. The molecule has 1 saturated heterocycles. The van der Waals surface area contributed by atoms with Gasteiger partial charge in [0.05, 0.1) is 4.75 Å². The molecule has 1 unspecified atom stereocenters. The fourth-order valence-corrected chi connectivity index (χ4v) is 4.62. The maximum Gasteiger partial charge on any atom is 0.191 e. The van der Waals surface area contributed by atoms with E-state index in [2.05, 4.69) is 29.5 Å². The largest absolute Gasteiger partial charge is 0.381 e. The zero-order chi connectivity index (χ0) is 18.8. The quantitative estimate of drug-likeness (QED) is 0.272. The number of nitrogens with one attached hydrogen (secondary N) is 2. The van der Waals surface area contributed by atoms with E-state index in [0.717, 1.165) is 6.54 Å². The van der Waals surface area contributed by atoms with Crippen LogP contribution >= 0.6 is 24.0 Å². The number of sulfone groups is 1. The Hall–Kier alpha value is -0.0900. The Balaban J connectivity index is 0.00000625. The number of unbranched alkanes of at least 4 members (excludes halogenated alkanes) is 1. The van der Waals surface area contributed by atoms with E-state index in [-0.39, 0.29) is 24.0 Å². The minimum atomic E-state index is -3.17. The highest BCUT2D eigenvalue weighted by atomic mass is 127. The number of aliphatic imine (C=N–C) groups is 1. The van der Waals surface area contributed by atoms with Crippen LogP contribution in [0.15, 0.2) is 4.99 Å². The van der Waals surface area contributed by atoms with Crippen LogP contribution in [0.4, 0.5) is 0 Å². The molecule has 1 fully saturated rings. The van der Waals surface area contributed by atoms with Gasteiger partial charge in [-0.2, -0.15) is 0 Å². The van der Waals surface area contributed by atoms with Gasteiger partial charge < -0.3 is 15.4 Å². The predicted octanol–water partition coefficient (Wildman–Crippen LogP) is 2.97. The number of rotatable bonds is 10. The van der Waals surface area contributed by atoms with Crippen molar-refractivity contribution < 1.29 is 13.2 Å². The third kappa shape index (κ3) is 8.29. The minimum absolute atomic E-state index is 0. The van der Waals surface area contributed by atoms with Crippen LogP contribution in [0.2, 0.25) is 0 Å². The van der Waals surface area contributed by atoms with E-state index in [4.69, 9.17) is 4.74 Å². The highest BCUT2D eigenvalue weighted by Gasteiger charge is 2.42. The number of halogens is 1. The Morgan fingerprint density at radius 1 is 1.15 bits per heavy atom. The lowest BCUT2D eigenvalue weighted by Gasteiger charge is -2.36. The molecule has 1 rings (SSSR count). The van der Waals surface area contributed by atoms with Crippen LogP contribution in [0.1, 0.15) is 58.8 Å². The first-order valence-corrected chi connectivity index (χ1v) is 11.5. The number of guanidine groups is 1. The van der Waals surface area contributed by atoms with Crippen LogP contribution in [0.5, 0.6) is 0 Å². The fourth-order valence-electron chi connectivity index (χ4n) is 3.38. The van der Waals surface area contributed by atoms with Gasteiger partial charge >= 0.3 is 0 Å². The molecule has 6 nitrogen and oxygen atoms in total. The minimum Gasteiger partial charge on any atom is -0.381 e. The Morgan fingerprint density at radius 2 is 1.81 bits per heavy atom. The molecular formula is C18H38IN3O3S. The van der Waals surface area contributed by atoms with E-state index in [9.17, 15) is 8.42 Å². The van der Waals surface area contributed by atoms with Gasteiger partial charge in [-0.15, -0.1) is 24.0 Å². The summed E-state index contributed by atoms with van der Waals surface area (Å²) in [6, 6.07) is 0. The van der Waals surface area contributed by atoms with Crippen LogP contribution < -0.4 is 10.6 Å². The summed E-state index contributed by atoms with van der Waals surface area (Å²) in [6.45, 7) is 6.68. The molecule has 1 aliphatic heterocycles. The molecule has 26 heavy (non-hydrogen) atoms. The van der Waals surface area contributed by atoms with Gasteiger partial charge in [0.2, 0.25) is 0 Å². The van der Waals surface area contributed by atoms with Crippen molar-refractivity contribution in [2.75, 3.05) is 39.6 Å². The standard InChI is InChI=1S/C18H37N3O3S.HI/c1-5-7-9-16(8-6-2)14-20-17(19-3)21-15-18(25(4,22)23)10-12-24-13-11-18;/h16H,5-15H2,1-4H3,(H2,19,20,21);1H. The summed E-state index contributed by atoms with van der Waals surface area (Å²) in [5.74, 6) is 1.32. The topological polar surface area (TPSA) is 79.8 Å². The number of nitrogens with zero attached hydrogens (tertiary/aromatic N) is 1. The van der Waals surface area contributed by atoms with Gasteiger partial charge in [-0.1, -0.05) is 33.1 Å². The average molecular weight is 503 g/mol. The first kappa shape index (κ1) is 25.9. The molecule has 156 valence electrons. The van der Waals surface area contributed by atoms with Crippen molar-refractivity contribution in [1.29, 1.82) is 0 Å². The summed E-state index contributed by atoms with van der Waals surface area (Å²) >= 11 is 0. The number of ether oxygens (including phenoxy) is 1. The summed E-state index contributed by atoms with van der Waals surface area (Å²) in [5, 5.41) is 6.63.